The molecular formula is C13H7F3N4OS. The minimum absolute atomic E-state index is 0.0580. The van der Waals surface area contributed by atoms with E-state index in [-0.39, 0.29) is 11.3 Å². The summed E-state index contributed by atoms with van der Waals surface area (Å²) in [6.45, 7) is 0. The Kier molecular flexibility index (Phi) is 4.53. The largest absolute Gasteiger partial charge is 0.416 e. The Bertz CT molecular complexity index is 747. The number of rotatable bonds is 3. The molecule has 1 aromatic carbocycles. The molecule has 0 aliphatic heterocycles. The number of hydrogen-bond donors (Lipinski definition) is 1. The van der Waals surface area contributed by atoms with Crippen LogP contribution < -0.4 is 5.32 Å². The molecule has 0 fully saturated rings. The van der Waals surface area contributed by atoms with Crippen LogP contribution in [0.15, 0.2) is 35.2 Å². The Morgan fingerprint density at radius 3 is 2.77 bits per heavy atom. The summed E-state index contributed by atoms with van der Waals surface area (Å²) in [5.41, 5.74) is -0.917. The lowest BCUT2D eigenvalue weighted by molar-refractivity contribution is -0.137. The van der Waals surface area contributed by atoms with Crippen LogP contribution in [0.3, 0.4) is 0 Å². The molecule has 2 rings (SSSR count). The Balaban J connectivity index is 2.20. The molecule has 0 aliphatic rings. The van der Waals surface area contributed by atoms with E-state index in [1.165, 1.54) is 23.6 Å². The first kappa shape index (κ1) is 15.7. The Morgan fingerprint density at radius 1 is 1.41 bits per heavy atom. The molecule has 5 nitrogen and oxygen atoms in total. The highest BCUT2D eigenvalue weighted by Gasteiger charge is 2.30. The first-order valence-electron chi connectivity index (χ1n) is 5.77. The molecule has 0 spiro atoms. The second kappa shape index (κ2) is 6.36. The molecule has 112 valence electrons. The van der Waals surface area contributed by atoms with Gasteiger partial charge in [-0.2, -0.15) is 18.4 Å². The molecule has 0 saturated heterocycles. The van der Waals surface area contributed by atoms with Gasteiger partial charge in [0.15, 0.2) is 0 Å². The van der Waals surface area contributed by atoms with Gasteiger partial charge in [-0.25, -0.2) is 0 Å². The second-order valence-corrected chi connectivity index (χ2v) is 4.64. The number of benzene rings is 1. The summed E-state index contributed by atoms with van der Waals surface area (Å²) in [6.07, 6.45) is -3.31. The van der Waals surface area contributed by atoms with E-state index < -0.39 is 17.6 Å². The molecule has 2 aromatic rings. The van der Waals surface area contributed by atoms with Crippen molar-refractivity contribution in [3.8, 4) is 6.07 Å². The normalized spacial score (nSPS) is 11.8. The summed E-state index contributed by atoms with van der Waals surface area (Å²) in [4.78, 5) is 11.9. The smallest absolute Gasteiger partial charge is 0.321 e. The summed E-state index contributed by atoms with van der Waals surface area (Å²) in [6, 6.07) is 5.81. The predicted molar refractivity (Wildman–Crippen MR) is 73.6 cm³/mol. The van der Waals surface area contributed by atoms with Crippen LogP contribution in [0.5, 0.6) is 0 Å². The standard InChI is InChI=1S/C13H7F3N4OS/c14-13(15,16)9-2-1-3-10(5-9)18-12(21)8(6-17)4-11-7-22-20-19-11/h1-5,7H,(H,18,21)/b8-4+. The zero-order valence-electron chi connectivity index (χ0n) is 10.8. The third-order valence-electron chi connectivity index (χ3n) is 2.48. The van der Waals surface area contributed by atoms with Gasteiger partial charge in [0.1, 0.15) is 11.6 Å². The maximum Gasteiger partial charge on any atom is 0.416 e. The zero-order chi connectivity index (χ0) is 16.2. The van der Waals surface area contributed by atoms with E-state index in [4.69, 9.17) is 5.26 Å². The first-order chi connectivity index (χ1) is 10.4. The second-order valence-electron chi connectivity index (χ2n) is 4.03. The fraction of sp³-hybridized carbons (Fsp3) is 0.0769. The van der Waals surface area contributed by atoms with E-state index in [2.05, 4.69) is 14.9 Å². The summed E-state index contributed by atoms with van der Waals surface area (Å²) in [5.74, 6) is -0.824. The van der Waals surface area contributed by atoms with Gasteiger partial charge in [-0.15, -0.1) is 5.10 Å². The molecule has 1 N–H and O–H groups in total. The quantitative estimate of drug-likeness (QED) is 0.695. The third-order valence-corrected chi connectivity index (χ3v) is 3.00. The van der Waals surface area contributed by atoms with Crippen LogP contribution in [0.1, 0.15) is 11.3 Å². The molecule has 22 heavy (non-hydrogen) atoms. The number of hydrogen-bond acceptors (Lipinski definition) is 5. The van der Waals surface area contributed by atoms with E-state index >= 15 is 0 Å². The van der Waals surface area contributed by atoms with Crippen LogP contribution in [0.2, 0.25) is 0 Å². The minimum Gasteiger partial charge on any atom is -0.321 e. The number of anilines is 1. The van der Waals surface area contributed by atoms with Gasteiger partial charge < -0.3 is 5.32 Å². The fourth-order valence-electron chi connectivity index (χ4n) is 1.50. The van der Waals surface area contributed by atoms with Gasteiger partial charge in [0.05, 0.1) is 11.3 Å². The molecule has 1 heterocycles. The average molecular weight is 324 g/mol. The third kappa shape index (κ3) is 3.89. The number of alkyl halides is 3. The highest BCUT2D eigenvalue weighted by molar-refractivity contribution is 7.03. The molecule has 0 radical (unpaired) electrons. The van der Waals surface area contributed by atoms with E-state index in [0.717, 1.165) is 23.7 Å². The van der Waals surface area contributed by atoms with Gasteiger partial charge in [-0.1, -0.05) is 10.6 Å². The van der Waals surface area contributed by atoms with E-state index in [1.54, 1.807) is 6.07 Å². The van der Waals surface area contributed by atoms with Crippen molar-refractivity contribution in [2.45, 2.75) is 6.18 Å². The predicted octanol–water partition coefficient (Wildman–Crippen LogP) is 3.10. The molecule has 1 aromatic heterocycles. The van der Waals surface area contributed by atoms with Crippen molar-refractivity contribution in [3.63, 3.8) is 0 Å². The SMILES string of the molecule is N#C/C(=C\c1csnn1)C(=O)Nc1cccc(C(F)(F)F)c1. The number of amides is 1. The van der Waals surface area contributed by atoms with Gasteiger partial charge in [-0.05, 0) is 35.8 Å². The number of nitrogens with one attached hydrogen (secondary N) is 1. The highest BCUT2D eigenvalue weighted by Crippen LogP contribution is 2.30. The number of nitriles is 1. The van der Waals surface area contributed by atoms with Crippen LogP contribution in [-0.2, 0) is 11.0 Å². The molecule has 9 heteroatoms. The summed E-state index contributed by atoms with van der Waals surface area (Å²) in [5, 5.41) is 16.4. The number of nitrogens with zero attached hydrogens (tertiary/aromatic N) is 3. The van der Waals surface area contributed by atoms with E-state index in [0.29, 0.717) is 5.69 Å². The van der Waals surface area contributed by atoms with Crippen molar-refractivity contribution in [1.82, 2.24) is 9.59 Å². The number of aromatic nitrogens is 2. The summed E-state index contributed by atoms with van der Waals surface area (Å²) in [7, 11) is 0. The average Bonchev–Trinajstić information content (AvgIpc) is 2.97. The van der Waals surface area contributed by atoms with Crippen molar-refractivity contribution < 1.29 is 18.0 Å². The van der Waals surface area contributed by atoms with Crippen LogP contribution in [0.4, 0.5) is 18.9 Å². The molecular weight excluding hydrogens is 317 g/mol. The number of carbonyl (C=O) groups is 1. The van der Waals surface area contributed by atoms with Crippen molar-refractivity contribution in [2.24, 2.45) is 0 Å². The van der Waals surface area contributed by atoms with Crippen LogP contribution in [-0.4, -0.2) is 15.5 Å². The Hall–Kier alpha value is -2.73. The zero-order valence-corrected chi connectivity index (χ0v) is 11.6. The topological polar surface area (TPSA) is 78.7 Å². The van der Waals surface area contributed by atoms with Gasteiger partial charge in [0, 0.05) is 11.1 Å². The lowest BCUT2D eigenvalue weighted by Crippen LogP contribution is -2.14. The van der Waals surface area contributed by atoms with E-state index in [9.17, 15) is 18.0 Å². The van der Waals surface area contributed by atoms with Gasteiger partial charge >= 0.3 is 6.18 Å². The maximum atomic E-state index is 12.6. The number of carbonyl (C=O) groups excluding carboxylic acids is 1. The molecule has 0 unspecified atom stereocenters. The minimum atomic E-state index is -4.51. The van der Waals surface area contributed by atoms with Crippen molar-refractivity contribution >= 4 is 29.2 Å². The van der Waals surface area contributed by atoms with Gasteiger partial charge in [0.25, 0.3) is 5.91 Å². The van der Waals surface area contributed by atoms with Crippen molar-refractivity contribution in [1.29, 1.82) is 5.26 Å². The monoisotopic (exact) mass is 324 g/mol. The molecule has 0 bridgehead atoms. The van der Waals surface area contributed by atoms with Crippen LogP contribution >= 0.6 is 11.5 Å². The van der Waals surface area contributed by atoms with Crippen LogP contribution in [0, 0.1) is 11.3 Å². The maximum absolute atomic E-state index is 12.6. The summed E-state index contributed by atoms with van der Waals surface area (Å²) < 4.78 is 41.3. The Morgan fingerprint density at radius 2 is 2.18 bits per heavy atom. The van der Waals surface area contributed by atoms with Crippen molar-refractivity contribution in [3.05, 3.63) is 46.5 Å². The first-order valence-corrected chi connectivity index (χ1v) is 6.61. The van der Waals surface area contributed by atoms with E-state index in [1.807, 2.05) is 0 Å². The molecule has 0 aliphatic carbocycles. The van der Waals surface area contributed by atoms with Gasteiger partial charge in [0.2, 0.25) is 0 Å². The molecule has 1 amide bonds. The lowest BCUT2D eigenvalue weighted by Gasteiger charge is -2.09. The lowest BCUT2D eigenvalue weighted by atomic mass is 10.1. The number of halogens is 3. The summed E-state index contributed by atoms with van der Waals surface area (Å²) >= 11 is 1.04. The Labute approximate surface area is 126 Å². The molecule has 0 saturated carbocycles. The molecule has 0 atom stereocenters. The van der Waals surface area contributed by atoms with Gasteiger partial charge in [-0.3, -0.25) is 4.79 Å². The van der Waals surface area contributed by atoms with Crippen molar-refractivity contribution in [2.75, 3.05) is 5.32 Å². The highest BCUT2D eigenvalue weighted by atomic mass is 32.1. The van der Waals surface area contributed by atoms with Crippen LogP contribution in [0.25, 0.3) is 6.08 Å². The fourth-order valence-corrected chi connectivity index (χ4v) is 1.91.